The van der Waals surface area contributed by atoms with Crippen molar-refractivity contribution >= 4 is 22.6 Å². The van der Waals surface area contributed by atoms with Gasteiger partial charge in [-0.05, 0) is 32.0 Å². The van der Waals surface area contributed by atoms with E-state index in [-0.39, 0.29) is 0 Å². The molecule has 0 atom stereocenters. The second-order valence-corrected chi connectivity index (χ2v) is 5.48. The number of benzene rings is 1. The van der Waals surface area contributed by atoms with Crippen molar-refractivity contribution in [2.24, 2.45) is 0 Å². The molecule has 0 unspecified atom stereocenters. The number of halogens is 1. The summed E-state index contributed by atoms with van der Waals surface area (Å²) in [7, 11) is 0. The van der Waals surface area contributed by atoms with E-state index in [9.17, 15) is 0 Å². The summed E-state index contributed by atoms with van der Waals surface area (Å²) in [6, 6.07) is 5.97. The molecule has 18 heavy (non-hydrogen) atoms. The van der Waals surface area contributed by atoms with Crippen molar-refractivity contribution in [2.45, 2.75) is 32.2 Å². The van der Waals surface area contributed by atoms with Crippen LogP contribution in [0, 0.1) is 0 Å². The molecule has 1 aromatic carbocycles. The van der Waals surface area contributed by atoms with E-state index >= 15 is 0 Å². The predicted octanol–water partition coefficient (Wildman–Crippen LogP) is 4.46. The molecule has 1 aromatic heterocycles. The lowest BCUT2D eigenvalue weighted by Gasteiger charge is -2.18. The molecule has 96 valence electrons. The standard InChI is InChI=1S/C15H18ClNO/c16-14-7-5-6-13-12(11-18-15(13)14)10-17-8-3-1-2-4-9-17/h5-7,11H,1-4,8-10H2. The molecule has 2 heterocycles. The maximum Gasteiger partial charge on any atom is 0.152 e. The number of hydrogen-bond acceptors (Lipinski definition) is 2. The summed E-state index contributed by atoms with van der Waals surface area (Å²) >= 11 is 6.13. The van der Waals surface area contributed by atoms with Crippen molar-refractivity contribution in [3.8, 4) is 0 Å². The third-order valence-electron chi connectivity index (χ3n) is 3.72. The van der Waals surface area contributed by atoms with Crippen molar-refractivity contribution in [3.63, 3.8) is 0 Å². The number of furan rings is 1. The van der Waals surface area contributed by atoms with Crippen molar-refractivity contribution in [2.75, 3.05) is 13.1 Å². The highest BCUT2D eigenvalue weighted by molar-refractivity contribution is 6.34. The normalized spacial score (nSPS) is 18.1. The molecule has 0 saturated carbocycles. The Balaban J connectivity index is 1.83. The predicted molar refractivity (Wildman–Crippen MR) is 75.0 cm³/mol. The van der Waals surface area contributed by atoms with Crippen LogP contribution in [-0.4, -0.2) is 18.0 Å². The van der Waals surface area contributed by atoms with Gasteiger partial charge in [0.25, 0.3) is 0 Å². The fourth-order valence-electron chi connectivity index (χ4n) is 2.73. The topological polar surface area (TPSA) is 16.4 Å². The minimum Gasteiger partial charge on any atom is -0.462 e. The van der Waals surface area contributed by atoms with Crippen LogP contribution in [0.4, 0.5) is 0 Å². The highest BCUT2D eigenvalue weighted by Gasteiger charge is 2.14. The fourth-order valence-corrected chi connectivity index (χ4v) is 2.95. The third-order valence-corrected chi connectivity index (χ3v) is 4.02. The lowest BCUT2D eigenvalue weighted by Crippen LogP contribution is -2.23. The SMILES string of the molecule is Clc1cccc2c(CN3CCCCCC3)coc12. The van der Waals surface area contributed by atoms with Crippen LogP contribution in [0.25, 0.3) is 11.0 Å². The molecule has 2 nitrogen and oxygen atoms in total. The van der Waals surface area contributed by atoms with Crippen molar-refractivity contribution in [3.05, 3.63) is 35.0 Å². The van der Waals surface area contributed by atoms with E-state index in [1.165, 1.54) is 44.3 Å². The smallest absolute Gasteiger partial charge is 0.152 e. The number of likely N-dealkylation sites (tertiary alicyclic amines) is 1. The van der Waals surface area contributed by atoms with Gasteiger partial charge in [-0.2, -0.15) is 0 Å². The molecular weight excluding hydrogens is 246 g/mol. The summed E-state index contributed by atoms with van der Waals surface area (Å²) in [6.45, 7) is 3.38. The number of fused-ring (bicyclic) bond motifs is 1. The molecule has 0 aliphatic carbocycles. The summed E-state index contributed by atoms with van der Waals surface area (Å²) < 4.78 is 5.59. The Kier molecular flexibility index (Phi) is 3.57. The first-order chi connectivity index (χ1) is 8.84. The Labute approximate surface area is 113 Å². The molecular formula is C15H18ClNO. The molecule has 1 fully saturated rings. The molecule has 1 saturated heterocycles. The molecule has 0 radical (unpaired) electrons. The van der Waals surface area contributed by atoms with Gasteiger partial charge in [0.15, 0.2) is 5.58 Å². The molecule has 1 aliphatic rings. The van der Waals surface area contributed by atoms with Gasteiger partial charge >= 0.3 is 0 Å². The molecule has 1 aliphatic heterocycles. The van der Waals surface area contributed by atoms with Crippen molar-refractivity contribution in [1.82, 2.24) is 4.90 Å². The number of para-hydroxylation sites is 1. The van der Waals surface area contributed by atoms with E-state index in [4.69, 9.17) is 16.0 Å². The summed E-state index contributed by atoms with van der Waals surface area (Å²) in [6.07, 6.45) is 7.23. The van der Waals surface area contributed by atoms with E-state index in [0.29, 0.717) is 5.02 Å². The first kappa shape index (κ1) is 12.1. The third kappa shape index (κ3) is 2.40. The van der Waals surface area contributed by atoms with Gasteiger partial charge in [0.1, 0.15) is 0 Å². The molecule has 0 bridgehead atoms. The van der Waals surface area contributed by atoms with Gasteiger partial charge in [-0.25, -0.2) is 0 Å². The van der Waals surface area contributed by atoms with E-state index in [0.717, 1.165) is 17.5 Å². The van der Waals surface area contributed by atoms with Gasteiger partial charge in [-0.3, -0.25) is 4.90 Å². The van der Waals surface area contributed by atoms with E-state index in [1.54, 1.807) is 0 Å². The Morgan fingerprint density at radius 1 is 1.11 bits per heavy atom. The van der Waals surface area contributed by atoms with Crippen LogP contribution in [0.1, 0.15) is 31.2 Å². The summed E-state index contributed by atoms with van der Waals surface area (Å²) in [4.78, 5) is 2.53. The average molecular weight is 264 g/mol. The van der Waals surface area contributed by atoms with Crippen LogP contribution in [-0.2, 0) is 6.54 Å². The Morgan fingerprint density at radius 3 is 2.67 bits per heavy atom. The first-order valence-corrected chi connectivity index (χ1v) is 7.09. The zero-order valence-electron chi connectivity index (χ0n) is 10.5. The quantitative estimate of drug-likeness (QED) is 0.795. The first-order valence-electron chi connectivity index (χ1n) is 6.71. The molecule has 0 N–H and O–H groups in total. The molecule has 2 aromatic rings. The van der Waals surface area contributed by atoms with Crippen LogP contribution in [0.2, 0.25) is 5.02 Å². The van der Waals surface area contributed by atoms with Crippen LogP contribution in [0.5, 0.6) is 0 Å². The second-order valence-electron chi connectivity index (χ2n) is 5.07. The Bertz CT molecular complexity index is 526. The Morgan fingerprint density at radius 2 is 1.89 bits per heavy atom. The van der Waals surface area contributed by atoms with Crippen LogP contribution < -0.4 is 0 Å². The zero-order valence-corrected chi connectivity index (χ0v) is 11.2. The summed E-state index contributed by atoms with van der Waals surface area (Å²) in [5, 5.41) is 1.86. The van der Waals surface area contributed by atoms with Gasteiger partial charge in [-0.1, -0.05) is 36.6 Å². The largest absolute Gasteiger partial charge is 0.462 e. The zero-order chi connectivity index (χ0) is 12.4. The molecule has 3 heteroatoms. The van der Waals surface area contributed by atoms with Crippen molar-refractivity contribution in [1.29, 1.82) is 0 Å². The Hall–Kier alpha value is -0.990. The number of nitrogens with zero attached hydrogens (tertiary/aromatic N) is 1. The van der Waals surface area contributed by atoms with Gasteiger partial charge in [0, 0.05) is 17.5 Å². The lowest BCUT2D eigenvalue weighted by atomic mass is 10.1. The van der Waals surface area contributed by atoms with Crippen LogP contribution in [0.3, 0.4) is 0 Å². The lowest BCUT2D eigenvalue weighted by molar-refractivity contribution is 0.277. The van der Waals surface area contributed by atoms with E-state index < -0.39 is 0 Å². The molecule has 0 amide bonds. The van der Waals surface area contributed by atoms with Gasteiger partial charge in [0.2, 0.25) is 0 Å². The number of rotatable bonds is 2. The summed E-state index contributed by atoms with van der Waals surface area (Å²) in [5.41, 5.74) is 2.08. The maximum absolute atomic E-state index is 6.13. The molecule has 3 rings (SSSR count). The highest BCUT2D eigenvalue weighted by atomic mass is 35.5. The number of hydrogen-bond donors (Lipinski definition) is 0. The second kappa shape index (κ2) is 5.33. The van der Waals surface area contributed by atoms with Gasteiger partial charge < -0.3 is 4.42 Å². The van der Waals surface area contributed by atoms with Crippen LogP contribution >= 0.6 is 11.6 Å². The summed E-state index contributed by atoms with van der Waals surface area (Å²) in [5.74, 6) is 0. The van der Waals surface area contributed by atoms with E-state index in [1.807, 2.05) is 18.4 Å². The van der Waals surface area contributed by atoms with Gasteiger partial charge in [0.05, 0.1) is 11.3 Å². The van der Waals surface area contributed by atoms with Gasteiger partial charge in [-0.15, -0.1) is 0 Å². The monoisotopic (exact) mass is 263 g/mol. The van der Waals surface area contributed by atoms with Crippen molar-refractivity contribution < 1.29 is 4.42 Å². The highest BCUT2D eigenvalue weighted by Crippen LogP contribution is 2.28. The average Bonchev–Trinajstić information content (AvgIpc) is 2.61. The van der Waals surface area contributed by atoms with Crippen LogP contribution in [0.15, 0.2) is 28.9 Å². The molecule has 0 spiro atoms. The maximum atomic E-state index is 6.13. The van der Waals surface area contributed by atoms with E-state index in [2.05, 4.69) is 11.0 Å². The minimum atomic E-state index is 0.703. The fraction of sp³-hybridized carbons (Fsp3) is 0.467. The minimum absolute atomic E-state index is 0.703.